The molecule has 0 atom stereocenters. The van der Waals surface area contributed by atoms with Gasteiger partial charge in [0, 0.05) is 19.6 Å². The fourth-order valence-corrected chi connectivity index (χ4v) is 3.75. The van der Waals surface area contributed by atoms with Crippen LogP contribution in [0.3, 0.4) is 0 Å². The van der Waals surface area contributed by atoms with Crippen molar-refractivity contribution in [3.8, 4) is 0 Å². The number of rotatable bonds is 5. The zero-order chi connectivity index (χ0) is 16.8. The molecule has 3 rings (SSSR count). The summed E-state index contributed by atoms with van der Waals surface area (Å²) in [7, 11) is 0. The number of carbonyl (C=O) groups is 1. The molecule has 0 unspecified atom stereocenters. The summed E-state index contributed by atoms with van der Waals surface area (Å²) in [6.07, 6.45) is 3.31. The molecule has 0 saturated carbocycles. The number of benzene rings is 1. The lowest BCUT2D eigenvalue weighted by Crippen LogP contribution is -2.35. The molecule has 1 amide bonds. The molecule has 1 fully saturated rings. The molecule has 128 valence electrons. The Morgan fingerprint density at radius 3 is 2.75 bits per heavy atom. The van der Waals surface area contributed by atoms with E-state index < -0.39 is 0 Å². The summed E-state index contributed by atoms with van der Waals surface area (Å²) >= 11 is 1.20. The Morgan fingerprint density at radius 2 is 2.00 bits per heavy atom. The molecule has 1 aromatic carbocycles. The molecule has 6 heteroatoms. The van der Waals surface area contributed by atoms with Crippen molar-refractivity contribution in [2.45, 2.75) is 26.2 Å². The van der Waals surface area contributed by atoms with E-state index in [1.54, 1.807) is 0 Å². The van der Waals surface area contributed by atoms with Crippen molar-refractivity contribution in [1.82, 2.24) is 19.4 Å². The third-order valence-electron chi connectivity index (χ3n) is 4.50. The Morgan fingerprint density at radius 1 is 1.17 bits per heavy atom. The van der Waals surface area contributed by atoms with Gasteiger partial charge in [0.15, 0.2) is 0 Å². The quantitative estimate of drug-likeness (QED) is 0.837. The summed E-state index contributed by atoms with van der Waals surface area (Å²) in [6, 6.07) is 10.6. The number of nitrogens with zero attached hydrogens (tertiary/aromatic N) is 4. The smallest absolute Gasteiger partial charge is 0.267 e. The number of carbonyl (C=O) groups excluding carboxylic acids is 1. The van der Waals surface area contributed by atoms with E-state index in [1.807, 2.05) is 11.8 Å². The van der Waals surface area contributed by atoms with Crippen molar-refractivity contribution >= 4 is 17.4 Å². The maximum absolute atomic E-state index is 12.6. The van der Waals surface area contributed by atoms with E-state index in [9.17, 15) is 4.79 Å². The van der Waals surface area contributed by atoms with Gasteiger partial charge in [0.1, 0.15) is 4.88 Å². The van der Waals surface area contributed by atoms with Gasteiger partial charge in [-0.05, 0) is 56.4 Å². The minimum absolute atomic E-state index is 0.0913. The molecular formula is C18H24N4OS. The molecule has 2 heterocycles. The van der Waals surface area contributed by atoms with Crippen molar-refractivity contribution in [3.63, 3.8) is 0 Å². The summed E-state index contributed by atoms with van der Waals surface area (Å²) in [5, 5.41) is 3.95. The monoisotopic (exact) mass is 344 g/mol. The van der Waals surface area contributed by atoms with Crippen LogP contribution in [-0.2, 0) is 6.42 Å². The molecule has 1 aliphatic rings. The number of hydrogen-bond donors (Lipinski definition) is 0. The van der Waals surface area contributed by atoms with Crippen LogP contribution < -0.4 is 0 Å². The van der Waals surface area contributed by atoms with Crippen LogP contribution in [-0.4, -0.2) is 58.0 Å². The summed E-state index contributed by atoms with van der Waals surface area (Å²) < 4.78 is 3.88. The highest BCUT2D eigenvalue weighted by atomic mass is 32.1. The van der Waals surface area contributed by atoms with Gasteiger partial charge in [-0.1, -0.05) is 34.8 Å². The second-order valence-electron chi connectivity index (χ2n) is 6.26. The first-order chi connectivity index (χ1) is 11.7. The highest BCUT2D eigenvalue weighted by molar-refractivity contribution is 7.07. The lowest BCUT2D eigenvalue weighted by molar-refractivity contribution is 0.0765. The van der Waals surface area contributed by atoms with Crippen LogP contribution in [0.25, 0.3) is 0 Å². The molecule has 0 spiro atoms. The van der Waals surface area contributed by atoms with E-state index in [0.717, 1.165) is 57.7 Å². The van der Waals surface area contributed by atoms with Crippen LogP contribution in [0.2, 0.25) is 0 Å². The molecule has 24 heavy (non-hydrogen) atoms. The second kappa shape index (κ2) is 8.35. The average molecular weight is 344 g/mol. The molecule has 1 aromatic heterocycles. The van der Waals surface area contributed by atoms with Crippen LogP contribution in [0.5, 0.6) is 0 Å². The zero-order valence-electron chi connectivity index (χ0n) is 14.1. The second-order valence-corrected chi connectivity index (χ2v) is 7.02. The zero-order valence-corrected chi connectivity index (χ0v) is 15.0. The predicted molar refractivity (Wildman–Crippen MR) is 96.4 cm³/mol. The summed E-state index contributed by atoms with van der Waals surface area (Å²) in [5.41, 5.74) is 2.14. The summed E-state index contributed by atoms with van der Waals surface area (Å²) in [5.74, 6) is 0.0913. The predicted octanol–water partition coefficient (Wildman–Crippen LogP) is 2.63. The first-order valence-corrected chi connectivity index (χ1v) is 9.36. The molecular weight excluding hydrogens is 320 g/mol. The maximum Gasteiger partial charge on any atom is 0.267 e. The molecule has 0 bridgehead atoms. The number of aromatic nitrogens is 2. The molecule has 0 aliphatic carbocycles. The van der Waals surface area contributed by atoms with Crippen LogP contribution >= 0.6 is 11.5 Å². The molecule has 5 nitrogen and oxygen atoms in total. The molecule has 0 N–H and O–H groups in total. The van der Waals surface area contributed by atoms with Gasteiger partial charge < -0.3 is 9.80 Å². The fourth-order valence-electron chi connectivity index (χ4n) is 3.12. The number of hydrogen-bond acceptors (Lipinski definition) is 5. The Balaban J connectivity index is 1.46. The van der Waals surface area contributed by atoms with Crippen LogP contribution in [0.1, 0.15) is 33.8 Å². The molecule has 0 radical (unpaired) electrons. The van der Waals surface area contributed by atoms with E-state index in [2.05, 4.69) is 44.8 Å². The minimum atomic E-state index is 0.0913. The van der Waals surface area contributed by atoms with E-state index >= 15 is 0 Å². The Labute approximate surface area is 147 Å². The number of aryl methyl sites for hydroxylation is 2. The van der Waals surface area contributed by atoms with E-state index in [4.69, 9.17) is 0 Å². The fraction of sp³-hybridized carbons (Fsp3) is 0.500. The van der Waals surface area contributed by atoms with E-state index in [1.165, 1.54) is 17.1 Å². The van der Waals surface area contributed by atoms with Gasteiger partial charge in [-0.2, -0.15) is 0 Å². The average Bonchev–Trinajstić information content (AvgIpc) is 2.89. The van der Waals surface area contributed by atoms with Crippen molar-refractivity contribution < 1.29 is 4.79 Å². The molecule has 1 saturated heterocycles. The standard InChI is InChI=1S/C18H24N4OS/c1-15-17(24-20-19-15)18(23)22-12-6-11-21(13-14-22)10-5-9-16-7-3-2-4-8-16/h2-4,7-8H,5-6,9-14H2,1H3. The molecule has 1 aliphatic heterocycles. The maximum atomic E-state index is 12.6. The largest absolute Gasteiger partial charge is 0.337 e. The third-order valence-corrected chi connectivity index (χ3v) is 5.32. The first kappa shape index (κ1) is 17.0. The van der Waals surface area contributed by atoms with Gasteiger partial charge >= 0.3 is 0 Å². The Kier molecular flexibility index (Phi) is 5.93. The Hall–Kier alpha value is -1.79. The first-order valence-electron chi connectivity index (χ1n) is 8.58. The Bertz CT molecular complexity index is 658. The highest BCUT2D eigenvalue weighted by Gasteiger charge is 2.23. The van der Waals surface area contributed by atoms with Gasteiger partial charge in [0.05, 0.1) is 5.69 Å². The van der Waals surface area contributed by atoms with Crippen molar-refractivity contribution in [2.75, 3.05) is 32.7 Å². The van der Waals surface area contributed by atoms with E-state index in [0.29, 0.717) is 4.88 Å². The van der Waals surface area contributed by atoms with E-state index in [-0.39, 0.29) is 5.91 Å². The van der Waals surface area contributed by atoms with Gasteiger partial charge in [-0.15, -0.1) is 5.10 Å². The lowest BCUT2D eigenvalue weighted by atomic mass is 10.1. The minimum Gasteiger partial charge on any atom is -0.337 e. The van der Waals surface area contributed by atoms with Gasteiger partial charge in [-0.3, -0.25) is 4.79 Å². The summed E-state index contributed by atoms with van der Waals surface area (Å²) in [6.45, 7) is 6.58. The van der Waals surface area contributed by atoms with Crippen molar-refractivity contribution in [1.29, 1.82) is 0 Å². The topological polar surface area (TPSA) is 49.3 Å². The van der Waals surface area contributed by atoms with Gasteiger partial charge in [-0.25, -0.2) is 0 Å². The van der Waals surface area contributed by atoms with Crippen molar-refractivity contribution in [2.24, 2.45) is 0 Å². The van der Waals surface area contributed by atoms with Crippen LogP contribution in [0.15, 0.2) is 30.3 Å². The van der Waals surface area contributed by atoms with Gasteiger partial charge in [0.2, 0.25) is 0 Å². The normalized spacial score (nSPS) is 16.1. The third kappa shape index (κ3) is 4.39. The SMILES string of the molecule is Cc1nnsc1C(=O)N1CCCN(CCCc2ccccc2)CC1. The summed E-state index contributed by atoms with van der Waals surface area (Å²) in [4.78, 5) is 17.7. The van der Waals surface area contributed by atoms with Gasteiger partial charge in [0.25, 0.3) is 5.91 Å². The highest BCUT2D eigenvalue weighted by Crippen LogP contribution is 2.15. The van der Waals surface area contributed by atoms with Crippen LogP contribution in [0.4, 0.5) is 0 Å². The lowest BCUT2D eigenvalue weighted by Gasteiger charge is -2.21. The molecule has 2 aromatic rings. The van der Waals surface area contributed by atoms with Crippen molar-refractivity contribution in [3.05, 3.63) is 46.5 Å². The van der Waals surface area contributed by atoms with Crippen LogP contribution in [0, 0.1) is 6.92 Å². The number of amides is 1.